The summed E-state index contributed by atoms with van der Waals surface area (Å²) >= 11 is 0. The summed E-state index contributed by atoms with van der Waals surface area (Å²) in [5.41, 5.74) is 1.85. The molecular formula is C15H15NO2. The molecule has 0 saturated carbocycles. The van der Waals surface area contributed by atoms with Crippen LogP contribution in [0.4, 0.5) is 0 Å². The van der Waals surface area contributed by atoms with Gasteiger partial charge in [-0.2, -0.15) is 0 Å². The molecule has 0 radical (unpaired) electrons. The molecule has 3 nitrogen and oxygen atoms in total. The fraction of sp³-hybridized carbons (Fsp3) is 0.133. The highest BCUT2D eigenvalue weighted by Gasteiger charge is 2.15. The third kappa shape index (κ3) is 3.18. The maximum absolute atomic E-state index is 11.2. The van der Waals surface area contributed by atoms with Crippen LogP contribution in [-0.4, -0.2) is 5.97 Å². The van der Waals surface area contributed by atoms with E-state index >= 15 is 0 Å². The standard InChI is InChI=1S/C15H15NO2/c17-15(18)14(13-9-5-2-6-10-13)16-11-12-7-3-1-4-8-12/h1-10,14,16H,11H2,(H,17,18)/t14-/m1/s1. The third-order valence-corrected chi connectivity index (χ3v) is 2.84. The van der Waals surface area contributed by atoms with Crippen molar-refractivity contribution >= 4 is 5.97 Å². The van der Waals surface area contributed by atoms with Crippen LogP contribution in [-0.2, 0) is 11.3 Å². The van der Waals surface area contributed by atoms with Gasteiger partial charge in [-0.3, -0.25) is 0 Å². The van der Waals surface area contributed by atoms with Gasteiger partial charge in [0.15, 0.2) is 6.04 Å². The van der Waals surface area contributed by atoms with E-state index in [-0.39, 0.29) is 0 Å². The van der Waals surface area contributed by atoms with Gasteiger partial charge in [-0.15, -0.1) is 0 Å². The van der Waals surface area contributed by atoms with E-state index in [1.807, 2.05) is 60.7 Å². The second-order valence-corrected chi connectivity index (χ2v) is 4.13. The molecule has 2 rings (SSSR count). The molecule has 0 bridgehead atoms. The average molecular weight is 241 g/mol. The lowest BCUT2D eigenvalue weighted by molar-refractivity contribution is -0.704. The van der Waals surface area contributed by atoms with Crippen molar-refractivity contribution in [2.45, 2.75) is 12.6 Å². The van der Waals surface area contributed by atoms with Gasteiger partial charge in [0.2, 0.25) is 0 Å². The van der Waals surface area contributed by atoms with Crippen molar-refractivity contribution in [2.75, 3.05) is 0 Å². The molecule has 0 fully saturated rings. The molecule has 0 aliphatic rings. The van der Waals surface area contributed by atoms with Crippen molar-refractivity contribution < 1.29 is 15.2 Å². The van der Waals surface area contributed by atoms with Gasteiger partial charge in [0, 0.05) is 11.1 Å². The SMILES string of the molecule is O=C([O-])[C@H]([NH2+]Cc1ccccc1)c1ccccc1. The van der Waals surface area contributed by atoms with Gasteiger partial charge in [0.05, 0.1) is 0 Å². The summed E-state index contributed by atoms with van der Waals surface area (Å²) in [6.07, 6.45) is 0. The topological polar surface area (TPSA) is 56.7 Å². The van der Waals surface area contributed by atoms with Crippen molar-refractivity contribution in [3.63, 3.8) is 0 Å². The Hall–Kier alpha value is -2.13. The Balaban J connectivity index is 2.06. The van der Waals surface area contributed by atoms with Crippen LogP contribution >= 0.6 is 0 Å². The maximum Gasteiger partial charge on any atom is 0.152 e. The summed E-state index contributed by atoms with van der Waals surface area (Å²) in [4.78, 5) is 11.2. The van der Waals surface area contributed by atoms with E-state index in [1.54, 1.807) is 5.32 Å². The second-order valence-electron chi connectivity index (χ2n) is 4.13. The largest absolute Gasteiger partial charge is 0.544 e. The van der Waals surface area contributed by atoms with Crippen molar-refractivity contribution in [1.82, 2.24) is 0 Å². The molecule has 2 aromatic carbocycles. The zero-order chi connectivity index (χ0) is 12.8. The van der Waals surface area contributed by atoms with Crippen LogP contribution in [0.5, 0.6) is 0 Å². The van der Waals surface area contributed by atoms with Crippen LogP contribution in [0.1, 0.15) is 17.2 Å². The van der Waals surface area contributed by atoms with E-state index < -0.39 is 12.0 Å². The lowest BCUT2D eigenvalue weighted by Crippen LogP contribution is -2.86. The van der Waals surface area contributed by atoms with Crippen LogP contribution in [0.2, 0.25) is 0 Å². The highest BCUT2D eigenvalue weighted by atomic mass is 16.4. The van der Waals surface area contributed by atoms with Gasteiger partial charge in [-0.1, -0.05) is 60.7 Å². The number of nitrogens with two attached hydrogens (primary N) is 1. The molecule has 0 aromatic heterocycles. The van der Waals surface area contributed by atoms with Gasteiger partial charge in [0.25, 0.3) is 0 Å². The molecule has 18 heavy (non-hydrogen) atoms. The quantitative estimate of drug-likeness (QED) is 0.815. The Morgan fingerprint density at radius 2 is 1.56 bits per heavy atom. The fourth-order valence-corrected chi connectivity index (χ4v) is 1.90. The number of carbonyl (C=O) groups is 1. The first-order valence-corrected chi connectivity index (χ1v) is 5.90. The first-order valence-electron chi connectivity index (χ1n) is 5.90. The van der Waals surface area contributed by atoms with Crippen LogP contribution in [0.15, 0.2) is 60.7 Å². The molecule has 0 aliphatic carbocycles. The smallest absolute Gasteiger partial charge is 0.152 e. The van der Waals surface area contributed by atoms with E-state index in [4.69, 9.17) is 0 Å². The zero-order valence-electron chi connectivity index (χ0n) is 9.95. The Morgan fingerprint density at radius 3 is 2.11 bits per heavy atom. The first kappa shape index (κ1) is 12.3. The van der Waals surface area contributed by atoms with Gasteiger partial charge in [0.1, 0.15) is 12.5 Å². The number of hydrogen-bond donors (Lipinski definition) is 1. The van der Waals surface area contributed by atoms with Crippen molar-refractivity contribution in [2.24, 2.45) is 0 Å². The van der Waals surface area contributed by atoms with E-state index in [9.17, 15) is 9.90 Å². The normalized spacial score (nSPS) is 12.0. The predicted molar refractivity (Wildman–Crippen MR) is 66.3 cm³/mol. The minimum atomic E-state index is -1.06. The number of carboxylic acid groups (broad SMARTS) is 1. The molecule has 3 heteroatoms. The van der Waals surface area contributed by atoms with Gasteiger partial charge in [-0.05, 0) is 0 Å². The lowest BCUT2D eigenvalue weighted by Gasteiger charge is -2.16. The minimum absolute atomic E-state index is 0.619. The number of hydrogen-bond acceptors (Lipinski definition) is 2. The molecule has 1 atom stereocenters. The number of benzene rings is 2. The van der Waals surface area contributed by atoms with Crippen molar-refractivity contribution in [1.29, 1.82) is 0 Å². The summed E-state index contributed by atoms with van der Waals surface area (Å²) < 4.78 is 0. The summed E-state index contributed by atoms with van der Waals surface area (Å²) in [5, 5.41) is 13.0. The average Bonchev–Trinajstić information content (AvgIpc) is 2.41. The predicted octanol–water partition coefficient (Wildman–Crippen LogP) is 0.241. The summed E-state index contributed by atoms with van der Waals surface area (Å²) in [6, 6.07) is 18.3. The van der Waals surface area contributed by atoms with Gasteiger partial charge in [-0.25, -0.2) is 0 Å². The lowest BCUT2D eigenvalue weighted by atomic mass is 10.1. The molecular weight excluding hydrogens is 226 g/mol. The molecule has 0 spiro atoms. The molecule has 0 unspecified atom stereocenters. The summed E-state index contributed by atoms with van der Waals surface area (Å²) in [6.45, 7) is 0.619. The number of quaternary nitrogens is 1. The number of rotatable bonds is 5. The van der Waals surface area contributed by atoms with Gasteiger partial charge >= 0.3 is 0 Å². The monoisotopic (exact) mass is 241 g/mol. The van der Waals surface area contributed by atoms with Crippen LogP contribution in [0.25, 0.3) is 0 Å². The highest BCUT2D eigenvalue weighted by molar-refractivity contribution is 5.71. The van der Waals surface area contributed by atoms with Crippen LogP contribution < -0.4 is 10.4 Å². The highest BCUT2D eigenvalue weighted by Crippen LogP contribution is 2.07. The Labute approximate surface area is 106 Å². The molecule has 0 heterocycles. The van der Waals surface area contributed by atoms with Crippen molar-refractivity contribution in [3.05, 3.63) is 71.8 Å². The molecule has 2 aromatic rings. The molecule has 0 aliphatic heterocycles. The van der Waals surface area contributed by atoms with Crippen LogP contribution in [0.3, 0.4) is 0 Å². The molecule has 0 saturated heterocycles. The Kier molecular flexibility index (Phi) is 4.10. The van der Waals surface area contributed by atoms with Crippen LogP contribution in [0, 0.1) is 0 Å². The molecule has 2 N–H and O–H groups in total. The fourth-order valence-electron chi connectivity index (χ4n) is 1.90. The Morgan fingerprint density at radius 1 is 1.00 bits per heavy atom. The van der Waals surface area contributed by atoms with E-state index in [0.29, 0.717) is 6.54 Å². The summed E-state index contributed by atoms with van der Waals surface area (Å²) in [5.74, 6) is -1.06. The zero-order valence-corrected chi connectivity index (χ0v) is 9.95. The number of carboxylic acids is 1. The first-order chi connectivity index (χ1) is 8.77. The molecule has 92 valence electrons. The van der Waals surface area contributed by atoms with Gasteiger partial charge < -0.3 is 15.2 Å². The summed E-state index contributed by atoms with van der Waals surface area (Å²) in [7, 11) is 0. The third-order valence-electron chi connectivity index (χ3n) is 2.84. The Bertz CT molecular complexity index is 496. The maximum atomic E-state index is 11.2. The number of carbonyl (C=O) groups excluding carboxylic acids is 1. The van der Waals surface area contributed by atoms with E-state index in [1.165, 1.54) is 0 Å². The molecule has 0 amide bonds. The van der Waals surface area contributed by atoms with Crippen molar-refractivity contribution in [3.8, 4) is 0 Å². The number of aliphatic carboxylic acids is 1. The second kappa shape index (κ2) is 5.98. The minimum Gasteiger partial charge on any atom is -0.544 e. The van der Waals surface area contributed by atoms with E-state index in [0.717, 1.165) is 11.1 Å². The van der Waals surface area contributed by atoms with E-state index in [2.05, 4.69) is 0 Å².